The van der Waals surface area contributed by atoms with E-state index in [-0.39, 0.29) is 5.91 Å². The minimum atomic E-state index is 0.169. The van der Waals surface area contributed by atoms with Gasteiger partial charge in [0.15, 0.2) is 0 Å². The third-order valence-corrected chi connectivity index (χ3v) is 3.13. The van der Waals surface area contributed by atoms with E-state index in [1.54, 1.807) is 19.0 Å². The van der Waals surface area contributed by atoms with Gasteiger partial charge in [-0.3, -0.25) is 4.79 Å². The van der Waals surface area contributed by atoms with Crippen LogP contribution in [0.15, 0.2) is 0 Å². The molecule has 82 valence electrons. The van der Waals surface area contributed by atoms with Crippen LogP contribution in [0.4, 0.5) is 0 Å². The number of amides is 1. The Labute approximate surface area is 86.9 Å². The molecule has 3 nitrogen and oxygen atoms in total. The molecule has 0 aromatic heterocycles. The number of likely N-dealkylation sites (N-methyl/N-ethyl adjacent to an activating group) is 1. The maximum Gasteiger partial charge on any atom is 0.236 e. The van der Waals surface area contributed by atoms with Gasteiger partial charge in [-0.15, -0.1) is 0 Å². The van der Waals surface area contributed by atoms with Gasteiger partial charge in [0.2, 0.25) is 5.91 Å². The molecule has 0 aromatic carbocycles. The highest BCUT2D eigenvalue weighted by molar-refractivity contribution is 5.77. The van der Waals surface area contributed by atoms with Crippen molar-refractivity contribution in [3.63, 3.8) is 0 Å². The molecule has 14 heavy (non-hydrogen) atoms. The lowest BCUT2D eigenvalue weighted by Gasteiger charge is -2.29. The summed E-state index contributed by atoms with van der Waals surface area (Å²) in [6, 6.07) is 0.549. The third kappa shape index (κ3) is 3.29. The van der Waals surface area contributed by atoms with Crippen molar-refractivity contribution in [1.29, 1.82) is 0 Å². The first-order chi connectivity index (χ1) is 6.61. The second-order valence-electron chi connectivity index (χ2n) is 4.54. The summed E-state index contributed by atoms with van der Waals surface area (Å²) in [4.78, 5) is 13.0. The molecule has 0 aliphatic heterocycles. The van der Waals surface area contributed by atoms with Crippen molar-refractivity contribution in [2.45, 2.75) is 38.6 Å². The van der Waals surface area contributed by atoms with Gasteiger partial charge in [0, 0.05) is 20.1 Å². The Hall–Kier alpha value is -0.570. The van der Waals surface area contributed by atoms with Crippen molar-refractivity contribution >= 4 is 5.91 Å². The highest BCUT2D eigenvalue weighted by atomic mass is 16.2. The Morgan fingerprint density at radius 3 is 2.57 bits per heavy atom. The van der Waals surface area contributed by atoms with Gasteiger partial charge in [-0.1, -0.05) is 19.8 Å². The third-order valence-electron chi connectivity index (χ3n) is 3.13. The Morgan fingerprint density at radius 1 is 1.36 bits per heavy atom. The van der Waals surface area contributed by atoms with Gasteiger partial charge in [-0.25, -0.2) is 0 Å². The summed E-state index contributed by atoms with van der Waals surface area (Å²) in [5, 5.41) is 3.36. The topological polar surface area (TPSA) is 32.3 Å². The molecule has 1 N–H and O–H groups in total. The molecule has 2 atom stereocenters. The van der Waals surface area contributed by atoms with Crippen molar-refractivity contribution in [2.75, 3.05) is 20.6 Å². The number of rotatable bonds is 3. The van der Waals surface area contributed by atoms with Crippen molar-refractivity contribution in [3.8, 4) is 0 Å². The molecule has 0 bridgehead atoms. The fourth-order valence-corrected chi connectivity index (χ4v) is 2.00. The summed E-state index contributed by atoms with van der Waals surface area (Å²) in [7, 11) is 3.60. The normalized spacial score (nSPS) is 27.4. The predicted octanol–water partition coefficient (Wildman–Crippen LogP) is 1.24. The summed E-state index contributed by atoms with van der Waals surface area (Å²) in [6.07, 6.45) is 5.18. The van der Waals surface area contributed by atoms with Gasteiger partial charge in [-0.2, -0.15) is 0 Å². The van der Waals surface area contributed by atoms with Crippen molar-refractivity contribution in [2.24, 2.45) is 5.92 Å². The number of carbonyl (C=O) groups excluding carboxylic acids is 1. The Kier molecular flexibility index (Phi) is 4.39. The van der Waals surface area contributed by atoms with Crippen LogP contribution in [-0.2, 0) is 4.79 Å². The van der Waals surface area contributed by atoms with Crippen molar-refractivity contribution < 1.29 is 4.79 Å². The van der Waals surface area contributed by atoms with E-state index in [2.05, 4.69) is 12.2 Å². The second-order valence-corrected chi connectivity index (χ2v) is 4.54. The molecule has 0 aromatic rings. The number of nitrogens with one attached hydrogen (secondary N) is 1. The highest BCUT2D eigenvalue weighted by Gasteiger charge is 2.21. The monoisotopic (exact) mass is 198 g/mol. The van der Waals surface area contributed by atoms with Gasteiger partial charge in [-0.05, 0) is 18.8 Å². The Balaban J connectivity index is 2.26. The van der Waals surface area contributed by atoms with E-state index in [0.717, 1.165) is 5.92 Å². The summed E-state index contributed by atoms with van der Waals surface area (Å²) >= 11 is 0. The Morgan fingerprint density at radius 2 is 2.00 bits per heavy atom. The smallest absolute Gasteiger partial charge is 0.236 e. The molecule has 1 aliphatic carbocycles. The number of nitrogens with zero attached hydrogens (tertiary/aromatic N) is 1. The van der Waals surface area contributed by atoms with Crippen LogP contribution in [0.2, 0.25) is 0 Å². The predicted molar refractivity (Wildman–Crippen MR) is 58.1 cm³/mol. The fourth-order valence-electron chi connectivity index (χ4n) is 2.00. The standard InChI is InChI=1S/C11H22N2O/c1-9-6-4-5-7-10(9)12-8-11(14)13(2)3/h9-10,12H,4-8H2,1-3H3. The zero-order valence-corrected chi connectivity index (χ0v) is 9.55. The molecule has 0 radical (unpaired) electrons. The van der Waals surface area contributed by atoms with Crippen LogP contribution in [-0.4, -0.2) is 37.5 Å². The van der Waals surface area contributed by atoms with Crippen LogP contribution in [0.1, 0.15) is 32.6 Å². The van der Waals surface area contributed by atoms with Gasteiger partial charge >= 0.3 is 0 Å². The van der Waals surface area contributed by atoms with Gasteiger partial charge in [0.25, 0.3) is 0 Å². The van der Waals surface area contributed by atoms with Crippen LogP contribution in [0.3, 0.4) is 0 Å². The van der Waals surface area contributed by atoms with Gasteiger partial charge in [0.1, 0.15) is 0 Å². The van der Waals surface area contributed by atoms with Crippen LogP contribution < -0.4 is 5.32 Å². The summed E-state index contributed by atoms with van der Waals surface area (Å²) < 4.78 is 0. The molecule has 1 aliphatic rings. The maximum atomic E-state index is 11.4. The van der Waals surface area contributed by atoms with E-state index >= 15 is 0 Å². The first-order valence-corrected chi connectivity index (χ1v) is 5.55. The van der Waals surface area contributed by atoms with E-state index in [1.807, 2.05) is 0 Å². The Bertz CT molecular complexity index is 192. The largest absolute Gasteiger partial charge is 0.348 e. The van der Waals surface area contributed by atoms with E-state index in [4.69, 9.17) is 0 Å². The SMILES string of the molecule is CC1CCCCC1NCC(=O)N(C)C. The highest BCUT2D eigenvalue weighted by Crippen LogP contribution is 2.23. The number of carbonyl (C=O) groups is 1. The summed E-state index contributed by atoms with van der Waals surface area (Å²) in [6.45, 7) is 2.76. The van der Waals surface area contributed by atoms with Crippen molar-refractivity contribution in [1.82, 2.24) is 10.2 Å². The van der Waals surface area contributed by atoms with Crippen LogP contribution >= 0.6 is 0 Å². The molecule has 1 amide bonds. The maximum absolute atomic E-state index is 11.4. The van der Waals surface area contributed by atoms with Crippen LogP contribution in [0.5, 0.6) is 0 Å². The van der Waals surface area contributed by atoms with E-state index < -0.39 is 0 Å². The lowest BCUT2D eigenvalue weighted by molar-refractivity contribution is -0.127. The average Bonchev–Trinajstić information content (AvgIpc) is 2.16. The number of hydrogen-bond acceptors (Lipinski definition) is 2. The van der Waals surface area contributed by atoms with E-state index in [0.29, 0.717) is 12.6 Å². The lowest BCUT2D eigenvalue weighted by atomic mass is 9.86. The molecule has 2 unspecified atom stereocenters. The first kappa shape index (κ1) is 11.5. The van der Waals surface area contributed by atoms with Crippen molar-refractivity contribution in [3.05, 3.63) is 0 Å². The number of hydrogen-bond donors (Lipinski definition) is 1. The molecule has 0 spiro atoms. The molecule has 1 rings (SSSR count). The molecule has 3 heteroatoms. The minimum Gasteiger partial charge on any atom is -0.348 e. The lowest BCUT2D eigenvalue weighted by Crippen LogP contribution is -2.42. The minimum absolute atomic E-state index is 0.169. The molecule has 1 fully saturated rings. The van der Waals surface area contributed by atoms with Gasteiger partial charge in [0.05, 0.1) is 6.54 Å². The summed E-state index contributed by atoms with van der Waals surface area (Å²) in [5.41, 5.74) is 0. The molecular weight excluding hydrogens is 176 g/mol. The quantitative estimate of drug-likeness (QED) is 0.740. The fraction of sp³-hybridized carbons (Fsp3) is 0.909. The van der Waals surface area contributed by atoms with E-state index in [1.165, 1.54) is 25.7 Å². The zero-order valence-electron chi connectivity index (χ0n) is 9.55. The first-order valence-electron chi connectivity index (χ1n) is 5.55. The average molecular weight is 198 g/mol. The van der Waals surface area contributed by atoms with Crippen LogP contribution in [0.25, 0.3) is 0 Å². The molecule has 0 saturated heterocycles. The van der Waals surface area contributed by atoms with E-state index in [9.17, 15) is 4.79 Å². The molecular formula is C11H22N2O. The van der Waals surface area contributed by atoms with Crippen LogP contribution in [0, 0.1) is 5.92 Å². The molecule has 0 heterocycles. The molecule has 1 saturated carbocycles. The zero-order chi connectivity index (χ0) is 10.6. The summed E-state index contributed by atoms with van der Waals surface area (Å²) in [5.74, 6) is 0.890. The van der Waals surface area contributed by atoms with Gasteiger partial charge < -0.3 is 10.2 Å². The second kappa shape index (κ2) is 5.35.